The molecule has 0 unspecified atom stereocenters. The maximum Gasteiger partial charge on any atom is 0.319 e. The first-order valence-corrected chi connectivity index (χ1v) is 13.4. The molecule has 2 aromatic carbocycles. The highest BCUT2D eigenvalue weighted by molar-refractivity contribution is 5.91. The minimum atomic E-state index is -1.02. The highest BCUT2D eigenvalue weighted by atomic mass is 16.7. The third-order valence-corrected chi connectivity index (χ3v) is 7.26. The van der Waals surface area contributed by atoms with Crippen molar-refractivity contribution in [2.24, 2.45) is 5.41 Å². The third-order valence-electron chi connectivity index (χ3n) is 7.26. The van der Waals surface area contributed by atoms with E-state index in [0.717, 1.165) is 35.5 Å². The Morgan fingerprint density at radius 1 is 0.917 bits per heavy atom. The Kier molecular flexibility index (Phi) is 7.96. The van der Waals surface area contributed by atoms with Crippen molar-refractivity contribution in [2.75, 3.05) is 43.1 Å². The molecule has 2 aliphatic rings. The first-order chi connectivity index (χ1) is 17.1. The van der Waals surface area contributed by atoms with E-state index in [1.165, 1.54) is 18.5 Å². The number of hydrogen-bond donors (Lipinski definition) is 2. The van der Waals surface area contributed by atoms with E-state index >= 15 is 0 Å². The first-order valence-electron chi connectivity index (χ1n) is 13.4. The van der Waals surface area contributed by atoms with E-state index in [9.17, 15) is 4.79 Å². The van der Waals surface area contributed by atoms with Crippen LogP contribution in [-0.4, -0.2) is 38.9 Å². The van der Waals surface area contributed by atoms with Crippen LogP contribution in [0.25, 0.3) is 0 Å². The summed E-state index contributed by atoms with van der Waals surface area (Å²) >= 11 is 0. The van der Waals surface area contributed by atoms with Gasteiger partial charge in [-0.05, 0) is 47.9 Å². The molecule has 2 heterocycles. The molecule has 0 spiro atoms. The predicted octanol–water partition coefficient (Wildman–Crippen LogP) is 6.58. The monoisotopic (exact) mass is 493 g/mol. The van der Waals surface area contributed by atoms with Gasteiger partial charge < -0.3 is 25.0 Å². The Labute approximate surface area is 216 Å². The van der Waals surface area contributed by atoms with Crippen molar-refractivity contribution in [1.29, 1.82) is 0 Å². The summed E-state index contributed by atoms with van der Waals surface area (Å²) in [5, 5.41) is 6.20. The van der Waals surface area contributed by atoms with Crippen molar-refractivity contribution >= 4 is 17.4 Å². The number of ether oxygens (including phenoxy) is 2. The Bertz CT molecular complexity index is 1000. The van der Waals surface area contributed by atoms with Gasteiger partial charge in [-0.25, -0.2) is 4.79 Å². The molecule has 2 saturated heterocycles. The predicted molar refractivity (Wildman–Crippen MR) is 147 cm³/mol. The normalized spacial score (nSPS) is 19.1. The van der Waals surface area contributed by atoms with Gasteiger partial charge in [0.05, 0.1) is 19.8 Å². The zero-order valence-corrected chi connectivity index (χ0v) is 22.8. The number of hydrogen-bond acceptors (Lipinski definition) is 4. The number of para-hydroxylation sites is 1. The van der Waals surface area contributed by atoms with Gasteiger partial charge in [0, 0.05) is 35.4 Å². The Hall–Kier alpha value is -2.57. The molecule has 0 aliphatic carbocycles. The van der Waals surface area contributed by atoms with Gasteiger partial charge in [0.2, 0.25) is 5.79 Å². The Balaban J connectivity index is 1.53. The number of urea groups is 1. The van der Waals surface area contributed by atoms with Crippen molar-refractivity contribution in [3.05, 3.63) is 59.2 Å². The van der Waals surface area contributed by atoms with Crippen molar-refractivity contribution in [3.8, 4) is 0 Å². The molecular weight excluding hydrogens is 450 g/mol. The van der Waals surface area contributed by atoms with Crippen molar-refractivity contribution in [3.63, 3.8) is 0 Å². The van der Waals surface area contributed by atoms with Gasteiger partial charge in [0.1, 0.15) is 0 Å². The van der Waals surface area contributed by atoms with Gasteiger partial charge >= 0.3 is 6.03 Å². The number of anilines is 2. The van der Waals surface area contributed by atoms with E-state index in [-0.39, 0.29) is 18.0 Å². The maximum atomic E-state index is 13.2. The zero-order chi connectivity index (χ0) is 25.9. The number of carbonyl (C=O) groups is 1. The molecule has 2 N–H and O–H groups in total. The van der Waals surface area contributed by atoms with Crippen LogP contribution < -0.4 is 15.5 Å². The number of rotatable bonds is 7. The Morgan fingerprint density at radius 3 is 2.00 bits per heavy atom. The number of nitrogens with one attached hydrogen (secondary N) is 2. The van der Waals surface area contributed by atoms with Crippen LogP contribution >= 0.6 is 0 Å². The van der Waals surface area contributed by atoms with E-state index in [0.29, 0.717) is 25.0 Å². The van der Waals surface area contributed by atoms with Crippen LogP contribution in [0.3, 0.4) is 0 Å². The minimum absolute atomic E-state index is 0.0797. The molecule has 0 radical (unpaired) electrons. The smallest absolute Gasteiger partial charge is 0.319 e. The number of nitrogens with zero attached hydrogens (tertiary/aromatic N) is 1. The number of carbonyl (C=O) groups excluding carboxylic acids is 1. The van der Waals surface area contributed by atoms with Gasteiger partial charge in [0.25, 0.3) is 0 Å². The average molecular weight is 494 g/mol. The van der Waals surface area contributed by atoms with E-state index < -0.39 is 5.79 Å². The fraction of sp³-hybridized carbons (Fsp3) is 0.567. The quantitative estimate of drug-likeness (QED) is 0.457. The second-order valence-corrected chi connectivity index (χ2v) is 11.7. The number of benzene rings is 2. The highest BCUT2D eigenvalue weighted by Gasteiger charge is 2.42. The van der Waals surface area contributed by atoms with Gasteiger partial charge in [-0.1, -0.05) is 71.9 Å². The van der Waals surface area contributed by atoms with Crippen molar-refractivity contribution < 1.29 is 14.3 Å². The van der Waals surface area contributed by atoms with E-state index in [1.54, 1.807) is 0 Å². The second kappa shape index (κ2) is 10.8. The van der Waals surface area contributed by atoms with Crippen LogP contribution in [0.5, 0.6) is 0 Å². The lowest BCUT2D eigenvalue weighted by atomic mass is 9.92. The first kappa shape index (κ1) is 26.5. The van der Waals surface area contributed by atoms with Crippen LogP contribution in [0.2, 0.25) is 0 Å². The van der Waals surface area contributed by atoms with Crippen LogP contribution in [0.15, 0.2) is 42.5 Å². The molecule has 2 aliphatic heterocycles. The lowest BCUT2D eigenvalue weighted by Crippen LogP contribution is -2.52. The molecule has 6 heteroatoms. The lowest BCUT2D eigenvalue weighted by Gasteiger charge is -2.43. The van der Waals surface area contributed by atoms with Crippen LogP contribution in [-0.2, 0) is 15.3 Å². The number of amides is 2. The van der Waals surface area contributed by atoms with Gasteiger partial charge in [0.15, 0.2) is 0 Å². The van der Waals surface area contributed by atoms with Crippen LogP contribution in [0.1, 0.15) is 82.9 Å². The summed E-state index contributed by atoms with van der Waals surface area (Å²) in [5.74, 6) is -0.423. The largest absolute Gasteiger partial charge is 0.372 e. The van der Waals surface area contributed by atoms with Gasteiger partial charge in [-0.15, -0.1) is 0 Å². The lowest BCUT2D eigenvalue weighted by molar-refractivity contribution is -0.303. The molecule has 2 aromatic rings. The summed E-state index contributed by atoms with van der Waals surface area (Å²) in [6.07, 6.45) is 2.48. The molecular formula is C30H43N3O3. The Morgan fingerprint density at radius 2 is 1.47 bits per heavy atom. The zero-order valence-electron chi connectivity index (χ0n) is 22.8. The highest BCUT2D eigenvalue weighted by Crippen LogP contribution is 2.37. The molecule has 0 aromatic heterocycles. The maximum absolute atomic E-state index is 13.2. The van der Waals surface area contributed by atoms with Gasteiger partial charge in [-0.3, -0.25) is 0 Å². The SMILES string of the molecule is CC(C)c1cccc(C(C)C)c1NC(=O)NCC1(c2ccc(N3CCCC3)cc2)OCC(C)(C)CO1. The second-order valence-electron chi connectivity index (χ2n) is 11.7. The third kappa shape index (κ3) is 5.87. The van der Waals surface area contributed by atoms with Crippen LogP contribution in [0, 0.1) is 5.41 Å². The van der Waals surface area contributed by atoms with E-state index in [2.05, 4.69) is 99.5 Å². The standard InChI is InChI=1S/C30H43N3O3/c1-21(2)25-10-9-11-26(22(3)4)27(25)32-28(34)31-18-30(35-19-29(5,6)20-36-30)23-12-14-24(15-13-23)33-16-7-8-17-33/h9-15,21-22H,7-8,16-20H2,1-6H3,(H2,31,32,34). The molecule has 36 heavy (non-hydrogen) atoms. The topological polar surface area (TPSA) is 62.8 Å². The molecule has 4 rings (SSSR count). The van der Waals surface area contributed by atoms with E-state index in [1.807, 2.05) is 0 Å². The molecule has 0 saturated carbocycles. The summed E-state index contributed by atoms with van der Waals surface area (Å²) in [6, 6.07) is 14.4. The summed E-state index contributed by atoms with van der Waals surface area (Å²) in [4.78, 5) is 15.6. The summed E-state index contributed by atoms with van der Waals surface area (Å²) < 4.78 is 12.8. The van der Waals surface area contributed by atoms with E-state index in [4.69, 9.17) is 9.47 Å². The van der Waals surface area contributed by atoms with Crippen molar-refractivity contribution in [2.45, 2.75) is 72.0 Å². The molecule has 0 bridgehead atoms. The molecule has 2 fully saturated rings. The summed E-state index contributed by atoms with van der Waals surface area (Å²) in [7, 11) is 0. The minimum Gasteiger partial charge on any atom is -0.372 e. The van der Waals surface area contributed by atoms with Crippen LogP contribution in [0.4, 0.5) is 16.2 Å². The average Bonchev–Trinajstić information content (AvgIpc) is 3.39. The summed E-state index contributed by atoms with van der Waals surface area (Å²) in [5.41, 5.74) is 5.23. The fourth-order valence-electron chi connectivity index (χ4n) is 5.03. The van der Waals surface area contributed by atoms with Gasteiger partial charge in [-0.2, -0.15) is 0 Å². The molecule has 6 nitrogen and oxygen atoms in total. The molecule has 196 valence electrons. The molecule has 0 atom stereocenters. The summed E-state index contributed by atoms with van der Waals surface area (Å²) in [6.45, 7) is 16.4. The molecule has 2 amide bonds. The fourth-order valence-corrected chi connectivity index (χ4v) is 5.03. The van der Waals surface area contributed by atoms with Crippen molar-refractivity contribution in [1.82, 2.24) is 5.32 Å².